The molecule has 2 aromatic carbocycles. The van der Waals surface area contributed by atoms with E-state index < -0.39 is 76.3 Å². The number of benzene rings is 2. The Morgan fingerprint density at radius 1 is 1.16 bits per heavy atom. The monoisotopic (exact) mass is 614 g/mol. The first-order valence-corrected chi connectivity index (χ1v) is 13.7. The van der Waals surface area contributed by atoms with E-state index >= 15 is 0 Å². The number of pyridine rings is 1. The van der Waals surface area contributed by atoms with E-state index in [1.807, 2.05) is 0 Å². The Hall–Kier alpha value is -4.85. The van der Waals surface area contributed by atoms with Crippen molar-refractivity contribution in [2.75, 3.05) is 20.3 Å². The second-order valence-corrected chi connectivity index (χ2v) is 10.3. The number of carbonyl (C=O) groups is 2. The average molecular weight is 615 g/mol. The number of hydrogen-bond acceptors (Lipinski definition) is 8. The molecular formula is C30H29F3N4O7. The van der Waals surface area contributed by atoms with Crippen molar-refractivity contribution in [3.8, 4) is 5.75 Å². The van der Waals surface area contributed by atoms with Gasteiger partial charge in [-0.2, -0.15) is 0 Å². The minimum Gasteiger partial charge on any atom is -0.483 e. The van der Waals surface area contributed by atoms with Gasteiger partial charge in [0.2, 0.25) is 5.43 Å². The largest absolute Gasteiger partial charge is 0.483 e. The number of nitrogens with zero attached hydrogens (tertiary/aromatic N) is 3. The molecule has 0 unspecified atom stereocenters. The van der Waals surface area contributed by atoms with E-state index in [4.69, 9.17) is 14.3 Å². The first kappa shape index (κ1) is 30.6. The van der Waals surface area contributed by atoms with Crippen molar-refractivity contribution in [3.05, 3.63) is 98.7 Å². The average Bonchev–Trinajstić information content (AvgIpc) is 2.99. The minimum atomic E-state index is -1.50. The molecule has 0 radical (unpaired) electrons. The fourth-order valence-corrected chi connectivity index (χ4v) is 5.11. The number of ether oxygens (including phenoxy) is 2. The van der Waals surface area contributed by atoms with Crippen LogP contribution in [0.25, 0.3) is 0 Å². The van der Waals surface area contributed by atoms with Gasteiger partial charge in [0.1, 0.15) is 36.2 Å². The third-order valence-corrected chi connectivity index (χ3v) is 7.54. The topological polar surface area (TPSA) is 132 Å². The summed E-state index contributed by atoms with van der Waals surface area (Å²) in [7, 11) is 1.28. The van der Waals surface area contributed by atoms with Gasteiger partial charge < -0.3 is 34.2 Å². The number of oxime groups is 1. The fraction of sp³-hybridized carbons (Fsp3) is 0.333. The minimum absolute atomic E-state index is 0.0510. The van der Waals surface area contributed by atoms with Crippen LogP contribution in [0.4, 0.5) is 13.2 Å². The Morgan fingerprint density at radius 2 is 1.86 bits per heavy atom. The van der Waals surface area contributed by atoms with Crippen molar-refractivity contribution in [1.82, 2.24) is 14.8 Å². The maximum atomic E-state index is 14.2. The highest BCUT2D eigenvalue weighted by molar-refractivity contribution is 5.99. The number of fused-ring (bicyclic) bond motifs is 4. The second-order valence-electron chi connectivity index (χ2n) is 10.3. The summed E-state index contributed by atoms with van der Waals surface area (Å²) in [4.78, 5) is 47.8. The Kier molecular flexibility index (Phi) is 8.90. The van der Waals surface area contributed by atoms with Gasteiger partial charge in [-0.25, -0.2) is 13.2 Å². The molecule has 2 aliphatic rings. The predicted octanol–water partition coefficient (Wildman–Crippen LogP) is 2.90. The van der Waals surface area contributed by atoms with Crippen molar-refractivity contribution >= 4 is 17.7 Å². The summed E-state index contributed by atoms with van der Waals surface area (Å²) >= 11 is 0. The van der Waals surface area contributed by atoms with Gasteiger partial charge in [-0.3, -0.25) is 14.4 Å². The molecule has 2 aliphatic heterocycles. The Labute approximate surface area is 249 Å². The highest BCUT2D eigenvalue weighted by Crippen LogP contribution is 2.32. The van der Waals surface area contributed by atoms with Crippen molar-refractivity contribution < 1.29 is 42.2 Å². The summed E-state index contributed by atoms with van der Waals surface area (Å²) in [6.07, 6.45) is -0.0494. The third-order valence-electron chi connectivity index (χ3n) is 7.54. The second kappa shape index (κ2) is 12.8. The van der Waals surface area contributed by atoms with Gasteiger partial charge in [-0.1, -0.05) is 30.3 Å². The van der Waals surface area contributed by atoms with E-state index in [0.717, 1.165) is 6.20 Å². The number of nitrogens with one attached hydrogen (secondary N) is 1. The quantitative estimate of drug-likeness (QED) is 0.437. The molecule has 0 saturated heterocycles. The molecule has 3 heterocycles. The van der Waals surface area contributed by atoms with Crippen molar-refractivity contribution in [3.63, 3.8) is 0 Å². The molecule has 14 heteroatoms. The number of aliphatic hydroxyl groups is 1. The van der Waals surface area contributed by atoms with Crippen LogP contribution < -0.4 is 15.5 Å². The summed E-state index contributed by atoms with van der Waals surface area (Å²) in [5.41, 5.74) is -1.67. The van der Waals surface area contributed by atoms with Gasteiger partial charge in [0, 0.05) is 49.4 Å². The molecule has 2 N–H and O–H groups in total. The van der Waals surface area contributed by atoms with Gasteiger partial charge in [0.05, 0.1) is 13.2 Å². The Bertz CT molecular complexity index is 1640. The summed E-state index contributed by atoms with van der Waals surface area (Å²) in [5.74, 6) is -5.89. The van der Waals surface area contributed by atoms with E-state index in [-0.39, 0.29) is 31.4 Å². The van der Waals surface area contributed by atoms with E-state index in [2.05, 4.69) is 10.5 Å². The number of aliphatic hydroxyl groups excluding tert-OH is 1. The van der Waals surface area contributed by atoms with Gasteiger partial charge >= 0.3 is 0 Å². The van der Waals surface area contributed by atoms with Crippen LogP contribution >= 0.6 is 0 Å². The first-order valence-electron chi connectivity index (χ1n) is 13.7. The number of aromatic nitrogens is 1. The fourth-order valence-electron chi connectivity index (χ4n) is 5.11. The summed E-state index contributed by atoms with van der Waals surface area (Å²) in [6.45, 7) is 0.987. The van der Waals surface area contributed by atoms with Crippen molar-refractivity contribution in [2.45, 2.75) is 44.7 Å². The summed E-state index contributed by atoms with van der Waals surface area (Å²) in [5, 5.41) is 17.5. The zero-order valence-electron chi connectivity index (χ0n) is 23.8. The van der Waals surface area contributed by atoms with Gasteiger partial charge in [0.15, 0.2) is 17.5 Å². The molecule has 5 rings (SSSR count). The molecule has 2 bridgehead atoms. The van der Waals surface area contributed by atoms with Crippen molar-refractivity contribution in [2.24, 2.45) is 5.16 Å². The van der Waals surface area contributed by atoms with Crippen LogP contribution in [-0.4, -0.2) is 64.7 Å². The molecule has 1 aromatic heterocycles. The van der Waals surface area contributed by atoms with Gasteiger partial charge in [-0.15, -0.1) is 0 Å². The van der Waals surface area contributed by atoms with Crippen LogP contribution in [0, 0.1) is 17.5 Å². The molecule has 3 atom stereocenters. The highest BCUT2D eigenvalue weighted by Gasteiger charge is 2.42. The molecule has 0 fully saturated rings. The van der Waals surface area contributed by atoms with Crippen LogP contribution in [-0.2, 0) is 22.7 Å². The number of rotatable bonds is 6. The van der Waals surface area contributed by atoms with E-state index in [1.54, 1.807) is 37.3 Å². The summed E-state index contributed by atoms with van der Waals surface area (Å²) < 4.78 is 54.3. The standard InChI is InChI=1S/C30H29F3N4O7/c1-16-8-9-44-35-29(42-2)26(39)23-14-36(16)30(41)24-27(43-15-17-6-4-3-5-7-17)25(38)20(13-37(23)24)28(40)34-12-19-21(32)10-18(31)11-22(19)33/h3-7,10-11,13,16,23,26,39H,8-9,12,14-15H2,1-2H3,(H,34,40)/b35-29+/t16-,23+,26+/m0/s1. The lowest BCUT2D eigenvalue weighted by atomic mass is 10.0. The number of halogens is 3. The first-order chi connectivity index (χ1) is 21.1. The smallest absolute Gasteiger partial charge is 0.274 e. The van der Waals surface area contributed by atoms with Crippen molar-refractivity contribution in [1.29, 1.82) is 0 Å². The van der Waals surface area contributed by atoms with Crippen LogP contribution in [0.3, 0.4) is 0 Å². The summed E-state index contributed by atoms with van der Waals surface area (Å²) in [6, 6.07) is 8.28. The van der Waals surface area contributed by atoms with E-state index in [1.165, 1.54) is 16.6 Å². The van der Waals surface area contributed by atoms with E-state index in [9.17, 15) is 32.7 Å². The Morgan fingerprint density at radius 3 is 2.55 bits per heavy atom. The zero-order valence-corrected chi connectivity index (χ0v) is 23.8. The SMILES string of the molecule is CO/C1=N/OCC[C@H](C)N2C[C@H]([C@H]1O)n1cc(C(=O)NCc3c(F)cc(F)cc3F)c(=O)c(OCc3ccccc3)c1C2=O. The number of hydrogen-bond donors (Lipinski definition) is 2. The molecule has 0 spiro atoms. The van der Waals surface area contributed by atoms with E-state index in [0.29, 0.717) is 24.1 Å². The van der Waals surface area contributed by atoms with Gasteiger partial charge in [-0.05, 0) is 17.6 Å². The lowest BCUT2D eigenvalue weighted by molar-refractivity contribution is 0.0298. The molecule has 0 aliphatic carbocycles. The Balaban J connectivity index is 1.62. The van der Waals surface area contributed by atoms with Crippen LogP contribution in [0.2, 0.25) is 0 Å². The lowest BCUT2D eigenvalue weighted by Crippen LogP contribution is -2.53. The molecule has 0 saturated carbocycles. The third kappa shape index (κ3) is 5.97. The number of methoxy groups -OCH3 is 1. The lowest BCUT2D eigenvalue weighted by Gasteiger charge is -2.41. The van der Waals surface area contributed by atoms with Gasteiger partial charge in [0.25, 0.3) is 17.7 Å². The molecular weight excluding hydrogens is 585 g/mol. The predicted molar refractivity (Wildman–Crippen MR) is 150 cm³/mol. The van der Waals surface area contributed by atoms with Crippen LogP contribution in [0.15, 0.2) is 58.6 Å². The maximum absolute atomic E-state index is 14.2. The van der Waals surface area contributed by atoms with Crippen LogP contribution in [0.5, 0.6) is 5.75 Å². The number of carbonyl (C=O) groups excluding carboxylic acids is 2. The van der Waals surface area contributed by atoms with Crippen LogP contribution in [0.1, 0.15) is 51.4 Å². The molecule has 44 heavy (non-hydrogen) atoms. The molecule has 2 amide bonds. The molecule has 232 valence electrons. The normalized spacial score (nSPS) is 21.0. The highest BCUT2D eigenvalue weighted by atomic mass is 19.1. The zero-order chi connectivity index (χ0) is 31.5. The number of amides is 2. The molecule has 11 nitrogen and oxygen atoms in total. The molecule has 3 aromatic rings. The maximum Gasteiger partial charge on any atom is 0.274 e.